The number of alkyl halides is 3. The van der Waals surface area contributed by atoms with E-state index >= 15 is 0 Å². The molecule has 1 aromatic heterocycles. The van der Waals surface area contributed by atoms with E-state index in [9.17, 15) is 27.9 Å². The Hall–Kier alpha value is -3.12. The van der Waals surface area contributed by atoms with Crippen molar-refractivity contribution in [1.29, 1.82) is 0 Å². The van der Waals surface area contributed by atoms with Crippen LogP contribution in [0.25, 0.3) is 0 Å². The number of carbonyl (C=O) groups is 2. The third-order valence-corrected chi connectivity index (χ3v) is 5.20. The summed E-state index contributed by atoms with van der Waals surface area (Å²) < 4.78 is 37.9. The Bertz CT molecular complexity index is 862. The summed E-state index contributed by atoms with van der Waals surface area (Å²) in [4.78, 5) is 41.2. The third kappa shape index (κ3) is 6.93. The van der Waals surface area contributed by atoms with Crippen LogP contribution in [0.4, 0.5) is 23.9 Å². The monoisotopic (exact) mass is 474 g/mol. The van der Waals surface area contributed by atoms with Crippen LogP contribution >= 0.6 is 0 Å². The number of anilines is 1. The molecule has 1 aromatic rings. The van der Waals surface area contributed by atoms with Crippen molar-refractivity contribution in [3.63, 3.8) is 0 Å². The Morgan fingerprint density at radius 3 is 2.18 bits per heavy atom. The Labute approximate surface area is 190 Å². The van der Waals surface area contributed by atoms with Gasteiger partial charge in [-0.05, 0) is 34.6 Å². The molecule has 10 nitrogen and oxygen atoms in total. The Morgan fingerprint density at radius 1 is 1.18 bits per heavy atom. The van der Waals surface area contributed by atoms with Crippen molar-refractivity contribution < 1.29 is 32.7 Å². The minimum absolute atomic E-state index is 0.169. The first-order chi connectivity index (χ1) is 15.2. The maximum Gasteiger partial charge on any atom is 0.419 e. The average molecular weight is 474 g/mol. The van der Waals surface area contributed by atoms with E-state index in [1.54, 1.807) is 44.4 Å². The maximum absolute atomic E-state index is 12.6. The summed E-state index contributed by atoms with van der Waals surface area (Å²) in [6.45, 7) is 9.66. The number of halogens is 3. The van der Waals surface area contributed by atoms with Gasteiger partial charge in [0.15, 0.2) is 6.61 Å². The highest BCUT2D eigenvalue weighted by atomic mass is 19.4. The summed E-state index contributed by atoms with van der Waals surface area (Å²) in [5, 5.41) is 13.4. The number of rotatable bonds is 6. The van der Waals surface area contributed by atoms with Crippen LogP contribution in [-0.2, 0) is 15.8 Å². The second-order valence-electron chi connectivity index (χ2n) is 8.64. The molecule has 1 N–H and O–H groups in total. The Kier molecular flexibility index (Phi) is 8.09. The van der Waals surface area contributed by atoms with Gasteiger partial charge in [0.2, 0.25) is 5.95 Å². The molecular weight excluding hydrogens is 445 g/mol. The SMILES string of the molecule is CC(=NOCC(=O)N1CCN(c2ncc(C(F)(F)F)cn2)CC1)C(C)N(C(=O)O)C(C)(C)C. The summed E-state index contributed by atoms with van der Waals surface area (Å²) >= 11 is 0. The van der Waals surface area contributed by atoms with Crippen molar-refractivity contribution in [2.24, 2.45) is 5.16 Å². The van der Waals surface area contributed by atoms with Crippen molar-refractivity contribution in [2.45, 2.75) is 52.4 Å². The fourth-order valence-corrected chi connectivity index (χ4v) is 3.36. The molecule has 33 heavy (non-hydrogen) atoms. The van der Waals surface area contributed by atoms with Gasteiger partial charge in [-0.15, -0.1) is 0 Å². The molecule has 1 fully saturated rings. The average Bonchev–Trinajstić information content (AvgIpc) is 2.71. The third-order valence-electron chi connectivity index (χ3n) is 5.20. The molecule has 1 atom stereocenters. The van der Waals surface area contributed by atoms with Crippen LogP contribution in [0.5, 0.6) is 0 Å². The zero-order valence-corrected chi connectivity index (χ0v) is 19.3. The number of carbonyl (C=O) groups excluding carboxylic acids is 1. The van der Waals surface area contributed by atoms with Gasteiger partial charge in [0.25, 0.3) is 5.91 Å². The molecule has 2 rings (SSSR count). The van der Waals surface area contributed by atoms with Crippen LogP contribution in [-0.4, -0.2) is 87.0 Å². The van der Waals surface area contributed by atoms with Gasteiger partial charge in [0, 0.05) is 44.1 Å². The second kappa shape index (κ2) is 10.2. The molecule has 0 radical (unpaired) electrons. The van der Waals surface area contributed by atoms with Crippen LogP contribution in [0.15, 0.2) is 17.5 Å². The first kappa shape index (κ1) is 26.1. The van der Waals surface area contributed by atoms with Gasteiger partial charge in [-0.3, -0.25) is 9.69 Å². The van der Waals surface area contributed by atoms with Gasteiger partial charge in [-0.2, -0.15) is 13.2 Å². The van der Waals surface area contributed by atoms with Crippen LogP contribution in [0.3, 0.4) is 0 Å². The van der Waals surface area contributed by atoms with E-state index < -0.39 is 29.4 Å². The lowest BCUT2D eigenvalue weighted by molar-refractivity contribution is -0.138. The Morgan fingerprint density at radius 2 is 1.73 bits per heavy atom. The lowest BCUT2D eigenvalue weighted by Crippen LogP contribution is -2.52. The highest BCUT2D eigenvalue weighted by molar-refractivity contribution is 5.89. The summed E-state index contributed by atoms with van der Waals surface area (Å²) in [5.41, 5.74) is -1.16. The van der Waals surface area contributed by atoms with E-state index in [-0.39, 0.29) is 18.5 Å². The highest BCUT2D eigenvalue weighted by Gasteiger charge is 2.33. The molecule has 1 aliphatic rings. The molecule has 2 heterocycles. The molecule has 1 aliphatic heterocycles. The van der Waals surface area contributed by atoms with Crippen molar-refractivity contribution in [2.75, 3.05) is 37.7 Å². The number of amides is 2. The Balaban J connectivity index is 1.86. The first-order valence-corrected chi connectivity index (χ1v) is 10.3. The smallest absolute Gasteiger partial charge is 0.419 e. The lowest BCUT2D eigenvalue weighted by atomic mass is 10.0. The predicted molar refractivity (Wildman–Crippen MR) is 114 cm³/mol. The highest BCUT2D eigenvalue weighted by Crippen LogP contribution is 2.28. The number of oxime groups is 1. The van der Waals surface area contributed by atoms with E-state index in [1.165, 1.54) is 4.90 Å². The number of carboxylic acid groups (broad SMARTS) is 1. The standard InChI is InChI=1S/C20H29F3N6O4/c1-13(14(2)29(18(31)32)19(3,4)5)26-33-12-16(30)27-6-8-28(9-7-27)17-24-10-15(11-25-17)20(21,22)23/h10-11,14H,6-9,12H2,1-5H3,(H,31,32). The molecule has 1 unspecified atom stereocenters. The van der Waals surface area contributed by atoms with Gasteiger partial charge < -0.3 is 19.7 Å². The van der Waals surface area contributed by atoms with E-state index in [1.807, 2.05) is 0 Å². The van der Waals surface area contributed by atoms with Crippen LogP contribution in [0.2, 0.25) is 0 Å². The van der Waals surface area contributed by atoms with Crippen LogP contribution in [0, 0.1) is 0 Å². The fraction of sp³-hybridized carbons (Fsp3) is 0.650. The first-order valence-electron chi connectivity index (χ1n) is 10.3. The minimum atomic E-state index is -4.50. The summed E-state index contributed by atoms with van der Waals surface area (Å²) in [5.74, 6) is -0.138. The number of hydrogen-bond donors (Lipinski definition) is 1. The van der Waals surface area contributed by atoms with Gasteiger partial charge in [-0.1, -0.05) is 5.16 Å². The summed E-state index contributed by atoms with van der Waals surface area (Å²) in [7, 11) is 0. The van der Waals surface area contributed by atoms with Crippen LogP contribution < -0.4 is 4.90 Å². The molecule has 1 saturated heterocycles. The van der Waals surface area contributed by atoms with Crippen molar-refractivity contribution in [1.82, 2.24) is 19.8 Å². The second-order valence-corrected chi connectivity index (χ2v) is 8.64. The van der Waals surface area contributed by atoms with E-state index in [4.69, 9.17) is 4.84 Å². The van der Waals surface area contributed by atoms with E-state index in [2.05, 4.69) is 15.1 Å². The quantitative estimate of drug-likeness (QED) is 0.498. The summed E-state index contributed by atoms with van der Waals surface area (Å²) in [6.07, 6.45) is -4.11. The van der Waals surface area contributed by atoms with Crippen molar-refractivity contribution in [3.05, 3.63) is 18.0 Å². The molecule has 0 spiro atoms. The normalized spacial score (nSPS) is 16.4. The molecule has 13 heteroatoms. The molecule has 0 bridgehead atoms. The largest absolute Gasteiger partial charge is 0.465 e. The number of piperazine rings is 1. The van der Waals surface area contributed by atoms with Gasteiger partial charge >= 0.3 is 12.3 Å². The molecule has 0 aromatic carbocycles. The predicted octanol–water partition coefficient (Wildman–Crippen LogP) is 2.70. The van der Waals surface area contributed by atoms with Gasteiger partial charge in [-0.25, -0.2) is 14.8 Å². The molecule has 184 valence electrons. The van der Waals surface area contributed by atoms with Crippen molar-refractivity contribution in [3.8, 4) is 0 Å². The molecule has 0 saturated carbocycles. The minimum Gasteiger partial charge on any atom is -0.465 e. The van der Waals surface area contributed by atoms with Crippen LogP contribution in [0.1, 0.15) is 40.2 Å². The lowest BCUT2D eigenvalue weighted by Gasteiger charge is -2.37. The topological polar surface area (TPSA) is 111 Å². The van der Waals surface area contributed by atoms with E-state index in [0.717, 1.165) is 12.4 Å². The number of nitrogens with zero attached hydrogens (tertiary/aromatic N) is 6. The maximum atomic E-state index is 12.6. The van der Waals surface area contributed by atoms with Crippen molar-refractivity contribution >= 4 is 23.7 Å². The van der Waals surface area contributed by atoms with Gasteiger partial charge in [0.05, 0.1) is 17.3 Å². The molecular formula is C20H29F3N6O4. The molecule has 2 amide bonds. The zero-order chi connectivity index (χ0) is 25.0. The fourth-order valence-electron chi connectivity index (χ4n) is 3.36. The van der Waals surface area contributed by atoms with Gasteiger partial charge in [0.1, 0.15) is 0 Å². The number of aromatic nitrogens is 2. The molecule has 0 aliphatic carbocycles. The van der Waals surface area contributed by atoms with E-state index in [0.29, 0.717) is 31.9 Å². The summed E-state index contributed by atoms with van der Waals surface area (Å²) in [6, 6.07) is -0.551. The zero-order valence-electron chi connectivity index (χ0n) is 19.3. The number of hydrogen-bond acceptors (Lipinski definition) is 7.